The molecule has 0 aliphatic rings. The number of carboxylic acids is 1. The van der Waals surface area contributed by atoms with Crippen LogP contribution in [0.4, 0.5) is 0 Å². The maximum Gasteiger partial charge on any atom is 0.360 e. The van der Waals surface area contributed by atoms with Crippen molar-refractivity contribution in [1.82, 2.24) is 0 Å². The van der Waals surface area contributed by atoms with Crippen molar-refractivity contribution in [1.29, 1.82) is 0 Å². The summed E-state index contributed by atoms with van der Waals surface area (Å²) in [6.07, 6.45) is -1.54. The Bertz CT molecular complexity index is 133. The number of esters is 1. The molecule has 0 saturated carbocycles. The van der Waals surface area contributed by atoms with Crippen molar-refractivity contribution in [2.45, 2.75) is 13.2 Å². The standard InChI is InChI=1S/C4H7NO4/c1-2(6)9-3(5)4(7)8/h3H,5H2,1H3,(H,7,8). The van der Waals surface area contributed by atoms with Crippen LogP contribution in [-0.2, 0) is 14.3 Å². The van der Waals surface area contributed by atoms with E-state index >= 15 is 0 Å². The van der Waals surface area contributed by atoms with E-state index in [2.05, 4.69) is 4.74 Å². The molecule has 5 nitrogen and oxygen atoms in total. The quantitative estimate of drug-likeness (QED) is 0.369. The smallest absolute Gasteiger partial charge is 0.360 e. The predicted molar refractivity (Wildman–Crippen MR) is 27.4 cm³/mol. The zero-order valence-electron chi connectivity index (χ0n) is 4.83. The fraction of sp³-hybridized carbons (Fsp3) is 0.500. The number of carboxylic acid groups (broad SMARTS) is 1. The summed E-state index contributed by atoms with van der Waals surface area (Å²) < 4.78 is 4.05. The number of carbonyl (C=O) groups excluding carboxylic acids is 1. The van der Waals surface area contributed by atoms with Crippen LogP contribution < -0.4 is 5.73 Å². The van der Waals surface area contributed by atoms with Crippen molar-refractivity contribution in [3.8, 4) is 0 Å². The van der Waals surface area contributed by atoms with Crippen LogP contribution in [0.5, 0.6) is 0 Å². The third-order valence-electron chi connectivity index (χ3n) is 0.536. The van der Waals surface area contributed by atoms with E-state index in [1.807, 2.05) is 0 Å². The average Bonchev–Trinajstić information content (AvgIpc) is 1.63. The molecule has 9 heavy (non-hydrogen) atoms. The largest absolute Gasteiger partial charge is 0.477 e. The Hall–Kier alpha value is -1.10. The van der Waals surface area contributed by atoms with Gasteiger partial charge in [-0.25, -0.2) is 4.79 Å². The Morgan fingerprint density at radius 1 is 1.67 bits per heavy atom. The lowest BCUT2D eigenvalue weighted by molar-refractivity contribution is -0.162. The minimum atomic E-state index is -1.54. The molecule has 0 aliphatic carbocycles. The van der Waals surface area contributed by atoms with E-state index in [-0.39, 0.29) is 0 Å². The summed E-state index contributed by atoms with van der Waals surface area (Å²) in [6.45, 7) is 1.09. The second kappa shape index (κ2) is 3.03. The van der Waals surface area contributed by atoms with Gasteiger partial charge in [-0.15, -0.1) is 0 Å². The van der Waals surface area contributed by atoms with Crippen LogP contribution in [0.25, 0.3) is 0 Å². The fourth-order valence-electron chi connectivity index (χ4n) is 0.229. The van der Waals surface area contributed by atoms with Crippen molar-refractivity contribution in [3.63, 3.8) is 0 Å². The molecule has 0 spiro atoms. The zero-order chi connectivity index (χ0) is 7.44. The van der Waals surface area contributed by atoms with E-state index in [4.69, 9.17) is 10.8 Å². The van der Waals surface area contributed by atoms with Crippen LogP contribution in [-0.4, -0.2) is 23.3 Å². The second-order valence-corrected chi connectivity index (χ2v) is 1.37. The van der Waals surface area contributed by atoms with Gasteiger partial charge in [-0.05, 0) is 0 Å². The van der Waals surface area contributed by atoms with Gasteiger partial charge in [-0.3, -0.25) is 10.5 Å². The van der Waals surface area contributed by atoms with Gasteiger partial charge >= 0.3 is 11.9 Å². The van der Waals surface area contributed by atoms with Gasteiger partial charge in [0.25, 0.3) is 0 Å². The van der Waals surface area contributed by atoms with Gasteiger partial charge in [0.1, 0.15) is 0 Å². The highest BCUT2D eigenvalue weighted by molar-refractivity contribution is 5.76. The summed E-state index contributed by atoms with van der Waals surface area (Å²) in [5.74, 6) is -2.06. The van der Waals surface area contributed by atoms with Crippen molar-refractivity contribution in [2.75, 3.05) is 0 Å². The summed E-state index contributed by atoms with van der Waals surface area (Å²) in [5, 5.41) is 8.03. The minimum absolute atomic E-state index is 0.704. The normalized spacial score (nSPS) is 12.2. The summed E-state index contributed by atoms with van der Waals surface area (Å²) in [6, 6.07) is 0. The lowest BCUT2D eigenvalue weighted by Crippen LogP contribution is -2.34. The van der Waals surface area contributed by atoms with Crippen LogP contribution in [0, 0.1) is 0 Å². The van der Waals surface area contributed by atoms with Crippen LogP contribution >= 0.6 is 0 Å². The first kappa shape index (κ1) is 7.90. The third kappa shape index (κ3) is 3.48. The maximum atomic E-state index is 9.99. The molecular weight excluding hydrogens is 126 g/mol. The average molecular weight is 133 g/mol. The number of hydrogen-bond donors (Lipinski definition) is 2. The molecule has 0 fully saturated rings. The molecule has 1 unspecified atom stereocenters. The Labute approximate surface area is 51.4 Å². The number of carbonyl (C=O) groups is 2. The molecule has 3 N–H and O–H groups in total. The molecule has 0 aliphatic heterocycles. The Balaban J connectivity index is 3.63. The molecule has 0 heterocycles. The van der Waals surface area contributed by atoms with E-state index in [1.165, 1.54) is 0 Å². The van der Waals surface area contributed by atoms with Gasteiger partial charge in [0.2, 0.25) is 6.23 Å². The van der Waals surface area contributed by atoms with Gasteiger partial charge in [0, 0.05) is 6.92 Å². The highest BCUT2D eigenvalue weighted by Crippen LogP contribution is 1.82. The van der Waals surface area contributed by atoms with E-state index in [0.29, 0.717) is 0 Å². The van der Waals surface area contributed by atoms with Gasteiger partial charge in [0.05, 0.1) is 0 Å². The van der Waals surface area contributed by atoms with Crippen LogP contribution in [0.3, 0.4) is 0 Å². The number of rotatable bonds is 2. The highest BCUT2D eigenvalue weighted by Gasteiger charge is 2.13. The molecule has 0 rings (SSSR count). The number of aliphatic carboxylic acids is 1. The first-order valence-corrected chi connectivity index (χ1v) is 2.19. The molecule has 0 radical (unpaired) electrons. The molecule has 5 heteroatoms. The summed E-state index contributed by atoms with van der Waals surface area (Å²) >= 11 is 0. The van der Waals surface area contributed by atoms with E-state index in [1.54, 1.807) is 0 Å². The van der Waals surface area contributed by atoms with Gasteiger partial charge in [-0.2, -0.15) is 0 Å². The fourth-order valence-corrected chi connectivity index (χ4v) is 0.229. The highest BCUT2D eigenvalue weighted by atomic mass is 16.6. The Morgan fingerprint density at radius 3 is 2.22 bits per heavy atom. The van der Waals surface area contributed by atoms with Crippen molar-refractivity contribution in [2.24, 2.45) is 5.73 Å². The first-order valence-electron chi connectivity index (χ1n) is 2.19. The van der Waals surface area contributed by atoms with Crippen molar-refractivity contribution >= 4 is 11.9 Å². The molecule has 0 aromatic rings. The Morgan fingerprint density at radius 2 is 2.11 bits per heavy atom. The molecule has 0 bridgehead atoms. The number of nitrogens with two attached hydrogens (primary N) is 1. The molecule has 0 aromatic heterocycles. The van der Waals surface area contributed by atoms with E-state index in [0.717, 1.165) is 6.92 Å². The monoisotopic (exact) mass is 133 g/mol. The number of hydrogen-bond acceptors (Lipinski definition) is 4. The first-order chi connectivity index (χ1) is 4.04. The lowest BCUT2D eigenvalue weighted by atomic mass is 10.6. The molecule has 1 atom stereocenters. The van der Waals surface area contributed by atoms with Crippen LogP contribution in [0.2, 0.25) is 0 Å². The summed E-state index contributed by atoms with van der Waals surface area (Å²) in [4.78, 5) is 19.8. The third-order valence-corrected chi connectivity index (χ3v) is 0.536. The maximum absolute atomic E-state index is 9.99. The molecule has 0 aromatic carbocycles. The van der Waals surface area contributed by atoms with Crippen LogP contribution in [0.15, 0.2) is 0 Å². The zero-order valence-corrected chi connectivity index (χ0v) is 4.83. The van der Waals surface area contributed by atoms with Gasteiger partial charge < -0.3 is 9.84 Å². The van der Waals surface area contributed by atoms with Crippen molar-refractivity contribution in [3.05, 3.63) is 0 Å². The van der Waals surface area contributed by atoms with Gasteiger partial charge in [-0.1, -0.05) is 0 Å². The van der Waals surface area contributed by atoms with Crippen LogP contribution in [0.1, 0.15) is 6.92 Å². The molecule has 52 valence electrons. The Kier molecular flexibility index (Phi) is 2.66. The molecular formula is C4H7NO4. The SMILES string of the molecule is CC(=O)OC(N)C(=O)O. The lowest BCUT2D eigenvalue weighted by Gasteiger charge is -2.03. The van der Waals surface area contributed by atoms with E-state index in [9.17, 15) is 9.59 Å². The summed E-state index contributed by atoms with van der Waals surface area (Å²) in [5.41, 5.74) is 4.77. The van der Waals surface area contributed by atoms with Crippen molar-refractivity contribution < 1.29 is 19.4 Å². The minimum Gasteiger partial charge on any atom is -0.477 e. The molecule has 0 amide bonds. The van der Waals surface area contributed by atoms with Gasteiger partial charge in [0.15, 0.2) is 0 Å². The molecule has 0 saturated heterocycles. The summed E-state index contributed by atoms with van der Waals surface area (Å²) in [7, 11) is 0. The number of ether oxygens (including phenoxy) is 1. The topological polar surface area (TPSA) is 89.6 Å². The predicted octanol–water partition coefficient (Wildman–Crippen LogP) is -1.08. The van der Waals surface area contributed by atoms with E-state index < -0.39 is 18.2 Å². The second-order valence-electron chi connectivity index (χ2n) is 1.37.